The van der Waals surface area contributed by atoms with Crippen molar-refractivity contribution in [1.82, 2.24) is 4.98 Å². The first kappa shape index (κ1) is 11.9. The molecule has 0 unspecified atom stereocenters. The number of hydrogen-bond donors (Lipinski definition) is 2. The number of aromatic nitrogens is 1. The molecule has 0 saturated heterocycles. The maximum Gasteiger partial charge on any atom is 0.328 e. The van der Waals surface area contributed by atoms with Crippen molar-refractivity contribution in [3.63, 3.8) is 0 Å². The third-order valence-electron chi connectivity index (χ3n) is 2.77. The van der Waals surface area contributed by atoms with Gasteiger partial charge in [-0.1, -0.05) is 6.92 Å². The van der Waals surface area contributed by atoms with Crippen LogP contribution in [0.15, 0.2) is 30.3 Å². The second kappa shape index (κ2) is 4.76. The largest absolute Gasteiger partial charge is 0.478 e. The van der Waals surface area contributed by atoms with E-state index in [4.69, 9.17) is 10.4 Å². The lowest BCUT2D eigenvalue weighted by Gasteiger charge is -1.98. The van der Waals surface area contributed by atoms with Gasteiger partial charge in [-0.15, -0.1) is 0 Å². The summed E-state index contributed by atoms with van der Waals surface area (Å²) < 4.78 is 0. The number of rotatable bonds is 3. The molecule has 0 fully saturated rings. The number of nitriles is 1. The lowest BCUT2D eigenvalue weighted by molar-refractivity contribution is -0.131. The Morgan fingerprint density at radius 1 is 1.50 bits per heavy atom. The molecule has 2 rings (SSSR count). The Kier molecular flexibility index (Phi) is 3.16. The van der Waals surface area contributed by atoms with Crippen LogP contribution in [-0.4, -0.2) is 16.1 Å². The Morgan fingerprint density at radius 2 is 2.28 bits per heavy atom. The lowest BCUT2D eigenvalue weighted by Crippen LogP contribution is -1.91. The van der Waals surface area contributed by atoms with Gasteiger partial charge in [0, 0.05) is 22.7 Å². The molecular formula is C14H12N2O2. The summed E-state index contributed by atoms with van der Waals surface area (Å²) >= 11 is 0. The second-order valence-corrected chi connectivity index (χ2v) is 3.96. The van der Waals surface area contributed by atoms with Gasteiger partial charge in [0.25, 0.3) is 0 Å². The summed E-state index contributed by atoms with van der Waals surface area (Å²) in [6.45, 7) is 1.90. The maximum absolute atomic E-state index is 10.7. The number of allylic oxidation sites excluding steroid dienone is 1. The average molecular weight is 240 g/mol. The summed E-state index contributed by atoms with van der Waals surface area (Å²) in [5.41, 5.74) is 3.00. The van der Waals surface area contributed by atoms with E-state index in [1.54, 1.807) is 12.1 Å². The number of aliphatic carboxylic acids is 1. The van der Waals surface area contributed by atoms with Gasteiger partial charge in [-0.2, -0.15) is 5.26 Å². The molecule has 2 aromatic rings. The van der Waals surface area contributed by atoms with Crippen LogP contribution < -0.4 is 0 Å². The van der Waals surface area contributed by atoms with E-state index >= 15 is 0 Å². The van der Waals surface area contributed by atoms with Gasteiger partial charge in [0.1, 0.15) is 0 Å². The van der Waals surface area contributed by atoms with Gasteiger partial charge in [0.2, 0.25) is 0 Å². The second-order valence-electron chi connectivity index (χ2n) is 3.96. The molecule has 1 heterocycles. The number of H-pyrrole nitrogens is 1. The number of aromatic amines is 1. The van der Waals surface area contributed by atoms with Crippen LogP contribution in [-0.2, 0) is 4.79 Å². The van der Waals surface area contributed by atoms with E-state index in [1.807, 2.05) is 19.1 Å². The van der Waals surface area contributed by atoms with Gasteiger partial charge in [0.15, 0.2) is 0 Å². The number of carboxylic acid groups (broad SMARTS) is 1. The smallest absolute Gasteiger partial charge is 0.328 e. The van der Waals surface area contributed by atoms with Crippen LogP contribution in [0.1, 0.15) is 24.6 Å². The molecule has 0 aliphatic heterocycles. The number of carboxylic acids is 1. The standard InChI is InChI=1S/C14H12N2O2/c1-2-10(7-14(17)18)13-6-11-5-9(8-15)3-4-12(11)16-13/h3-7,16H,2H2,1H3,(H,17,18)/b10-7+. The fraction of sp³-hybridized carbons (Fsp3) is 0.143. The Labute approximate surface area is 104 Å². The number of benzene rings is 1. The third-order valence-corrected chi connectivity index (χ3v) is 2.77. The fourth-order valence-corrected chi connectivity index (χ4v) is 1.89. The van der Waals surface area contributed by atoms with E-state index in [1.165, 1.54) is 6.08 Å². The Morgan fingerprint density at radius 3 is 2.89 bits per heavy atom. The van der Waals surface area contributed by atoms with Gasteiger partial charge in [-0.25, -0.2) is 4.79 Å². The van der Waals surface area contributed by atoms with E-state index in [2.05, 4.69) is 11.1 Å². The highest BCUT2D eigenvalue weighted by molar-refractivity contribution is 5.92. The van der Waals surface area contributed by atoms with Crippen LogP contribution in [0.3, 0.4) is 0 Å². The highest BCUT2D eigenvalue weighted by Crippen LogP contribution is 2.23. The van der Waals surface area contributed by atoms with Crippen LogP contribution >= 0.6 is 0 Å². The molecule has 0 radical (unpaired) electrons. The SMILES string of the molecule is CC/C(=C\C(=O)O)c1cc2cc(C#N)ccc2[nH]1. The number of nitrogens with one attached hydrogen (secondary N) is 1. The van der Waals surface area contributed by atoms with Crippen LogP contribution in [0.4, 0.5) is 0 Å². The molecule has 1 aromatic heterocycles. The quantitative estimate of drug-likeness (QED) is 0.810. The van der Waals surface area contributed by atoms with E-state index in [0.717, 1.165) is 22.2 Å². The van der Waals surface area contributed by atoms with Crippen molar-refractivity contribution in [2.24, 2.45) is 0 Å². The normalized spacial score (nSPS) is 11.4. The number of fused-ring (bicyclic) bond motifs is 1. The Hall–Kier alpha value is -2.54. The monoisotopic (exact) mass is 240 g/mol. The predicted octanol–water partition coefficient (Wildman–Crippen LogP) is 2.92. The first-order valence-electron chi connectivity index (χ1n) is 5.60. The number of hydrogen-bond acceptors (Lipinski definition) is 2. The average Bonchev–Trinajstić information content (AvgIpc) is 2.77. The Balaban J connectivity index is 2.53. The van der Waals surface area contributed by atoms with Crippen molar-refractivity contribution in [3.05, 3.63) is 41.6 Å². The molecule has 0 saturated carbocycles. The molecular weight excluding hydrogens is 228 g/mol. The minimum absolute atomic E-state index is 0.591. The zero-order chi connectivity index (χ0) is 13.1. The summed E-state index contributed by atoms with van der Waals surface area (Å²) in [7, 11) is 0. The predicted molar refractivity (Wildman–Crippen MR) is 68.9 cm³/mol. The molecule has 4 nitrogen and oxygen atoms in total. The molecule has 0 aliphatic rings. The summed E-state index contributed by atoms with van der Waals surface area (Å²) in [6.07, 6.45) is 1.83. The first-order valence-corrected chi connectivity index (χ1v) is 5.60. The van der Waals surface area contributed by atoms with Gasteiger partial charge in [0.05, 0.1) is 11.6 Å². The zero-order valence-corrected chi connectivity index (χ0v) is 9.90. The van der Waals surface area contributed by atoms with Crippen molar-refractivity contribution >= 4 is 22.4 Å². The van der Waals surface area contributed by atoms with Gasteiger partial charge >= 0.3 is 5.97 Å². The van der Waals surface area contributed by atoms with Gasteiger partial charge in [-0.3, -0.25) is 0 Å². The third kappa shape index (κ3) is 2.25. The Bertz CT molecular complexity index is 675. The molecule has 0 amide bonds. The highest BCUT2D eigenvalue weighted by Gasteiger charge is 2.06. The minimum Gasteiger partial charge on any atom is -0.478 e. The summed E-state index contributed by atoms with van der Waals surface area (Å²) in [4.78, 5) is 13.9. The molecule has 2 N–H and O–H groups in total. The molecule has 0 spiro atoms. The minimum atomic E-state index is -0.955. The molecule has 4 heteroatoms. The molecule has 1 aromatic carbocycles. The molecule has 0 atom stereocenters. The summed E-state index contributed by atoms with van der Waals surface area (Å²) in [6, 6.07) is 9.29. The molecule has 0 aliphatic carbocycles. The van der Waals surface area contributed by atoms with Crippen LogP contribution in [0, 0.1) is 11.3 Å². The first-order chi connectivity index (χ1) is 8.63. The molecule has 90 valence electrons. The highest BCUT2D eigenvalue weighted by atomic mass is 16.4. The zero-order valence-electron chi connectivity index (χ0n) is 9.90. The summed E-state index contributed by atoms with van der Waals surface area (Å²) in [5.74, 6) is -0.955. The van der Waals surface area contributed by atoms with Crippen molar-refractivity contribution in [2.45, 2.75) is 13.3 Å². The number of nitrogens with zero attached hydrogens (tertiary/aromatic N) is 1. The van der Waals surface area contributed by atoms with Crippen molar-refractivity contribution in [2.75, 3.05) is 0 Å². The van der Waals surface area contributed by atoms with E-state index < -0.39 is 5.97 Å². The van der Waals surface area contributed by atoms with Gasteiger partial charge in [-0.05, 0) is 36.3 Å². The summed E-state index contributed by atoms with van der Waals surface area (Å²) in [5, 5.41) is 18.5. The topological polar surface area (TPSA) is 76.9 Å². The lowest BCUT2D eigenvalue weighted by atomic mass is 10.1. The van der Waals surface area contributed by atoms with Crippen molar-refractivity contribution in [3.8, 4) is 6.07 Å². The van der Waals surface area contributed by atoms with Crippen LogP contribution in [0.25, 0.3) is 16.5 Å². The molecule has 18 heavy (non-hydrogen) atoms. The number of carbonyl (C=O) groups is 1. The van der Waals surface area contributed by atoms with E-state index in [0.29, 0.717) is 12.0 Å². The van der Waals surface area contributed by atoms with Crippen molar-refractivity contribution in [1.29, 1.82) is 5.26 Å². The van der Waals surface area contributed by atoms with E-state index in [-0.39, 0.29) is 0 Å². The fourth-order valence-electron chi connectivity index (χ4n) is 1.89. The molecule has 0 bridgehead atoms. The maximum atomic E-state index is 10.7. The van der Waals surface area contributed by atoms with E-state index in [9.17, 15) is 4.79 Å². The van der Waals surface area contributed by atoms with Crippen LogP contribution in [0.2, 0.25) is 0 Å². The van der Waals surface area contributed by atoms with Crippen LogP contribution in [0.5, 0.6) is 0 Å². The van der Waals surface area contributed by atoms with Crippen molar-refractivity contribution < 1.29 is 9.90 Å². The van der Waals surface area contributed by atoms with Gasteiger partial charge < -0.3 is 10.1 Å².